The molecule has 0 aliphatic carbocycles. The van der Waals surface area contributed by atoms with Gasteiger partial charge in [0, 0.05) is 30.4 Å². The number of aromatic nitrogens is 4. The summed E-state index contributed by atoms with van der Waals surface area (Å²) in [5.74, 6) is 0.476. The molecule has 24 heavy (non-hydrogen) atoms. The van der Waals surface area contributed by atoms with E-state index in [1.54, 1.807) is 23.4 Å². The van der Waals surface area contributed by atoms with Crippen molar-refractivity contribution in [1.82, 2.24) is 24.6 Å². The topological polar surface area (TPSA) is 76.0 Å². The summed E-state index contributed by atoms with van der Waals surface area (Å²) in [5, 5.41) is 6.60. The molecule has 0 saturated heterocycles. The van der Waals surface area contributed by atoms with E-state index in [1.807, 2.05) is 36.5 Å². The Bertz CT molecular complexity index is 813. The van der Waals surface area contributed by atoms with E-state index in [0.717, 1.165) is 5.69 Å². The highest BCUT2D eigenvalue weighted by Crippen LogP contribution is 2.18. The maximum absolute atomic E-state index is 12.7. The highest BCUT2D eigenvalue weighted by atomic mass is 16.5. The summed E-state index contributed by atoms with van der Waals surface area (Å²) in [4.78, 5) is 18.7. The first-order chi connectivity index (χ1) is 11.8. The maximum Gasteiger partial charge on any atom is 0.272 e. The largest absolute Gasteiger partial charge is 0.471 e. The minimum absolute atomic E-state index is 0.0863. The summed E-state index contributed by atoms with van der Waals surface area (Å²) in [5.41, 5.74) is 1.56. The van der Waals surface area contributed by atoms with Crippen molar-refractivity contribution in [1.29, 1.82) is 0 Å². The van der Waals surface area contributed by atoms with Crippen LogP contribution in [0.2, 0.25) is 0 Å². The van der Waals surface area contributed by atoms with Crippen LogP contribution in [0.25, 0.3) is 0 Å². The van der Waals surface area contributed by atoms with E-state index in [4.69, 9.17) is 4.74 Å². The van der Waals surface area contributed by atoms with Crippen LogP contribution in [0.5, 0.6) is 5.88 Å². The van der Waals surface area contributed by atoms with Crippen LogP contribution in [0.3, 0.4) is 0 Å². The van der Waals surface area contributed by atoms with Crippen molar-refractivity contribution < 1.29 is 9.53 Å². The van der Waals surface area contributed by atoms with Crippen LogP contribution in [0.15, 0.2) is 55.0 Å². The summed E-state index contributed by atoms with van der Waals surface area (Å²) >= 11 is 0. The fourth-order valence-electron chi connectivity index (χ4n) is 2.92. The van der Waals surface area contributed by atoms with E-state index in [0.29, 0.717) is 31.2 Å². The fraction of sp³-hybridized carbons (Fsp3) is 0.235. The standard InChI is InChI=1S/C17H17N5O2/c23-17(15-6-8-19-20-15)22-10-13-4-3-9-21(13)11-14(12-22)24-16-5-1-2-7-18-16/h1-9,14H,10-12H2,(H,19,20)/t14-/m0/s1. The smallest absolute Gasteiger partial charge is 0.272 e. The number of pyridine rings is 1. The van der Waals surface area contributed by atoms with E-state index in [2.05, 4.69) is 19.7 Å². The molecule has 7 heteroatoms. The monoisotopic (exact) mass is 323 g/mol. The molecule has 1 N–H and O–H groups in total. The molecule has 1 amide bonds. The Kier molecular flexibility index (Phi) is 3.74. The Morgan fingerprint density at radius 3 is 2.92 bits per heavy atom. The van der Waals surface area contributed by atoms with Gasteiger partial charge in [-0.2, -0.15) is 5.10 Å². The summed E-state index contributed by atoms with van der Waals surface area (Å²) in [7, 11) is 0. The van der Waals surface area contributed by atoms with Gasteiger partial charge in [-0.15, -0.1) is 0 Å². The number of rotatable bonds is 3. The van der Waals surface area contributed by atoms with Crippen molar-refractivity contribution >= 4 is 5.91 Å². The van der Waals surface area contributed by atoms with Gasteiger partial charge >= 0.3 is 0 Å². The molecule has 0 spiro atoms. The second kappa shape index (κ2) is 6.19. The van der Waals surface area contributed by atoms with Gasteiger partial charge in [-0.3, -0.25) is 9.89 Å². The number of hydrogen-bond acceptors (Lipinski definition) is 4. The van der Waals surface area contributed by atoms with Crippen molar-refractivity contribution in [3.63, 3.8) is 0 Å². The first-order valence-electron chi connectivity index (χ1n) is 7.80. The van der Waals surface area contributed by atoms with Crippen LogP contribution in [0.4, 0.5) is 0 Å². The quantitative estimate of drug-likeness (QED) is 0.796. The molecule has 7 nitrogen and oxygen atoms in total. The zero-order valence-corrected chi connectivity index (χ0v) is 13.0. The maximum atomic E-state index is 12.7. The van der Waals surface area contributed by atoms with Gasteiger partial charge in [0.1, 0.15) is 11.8 Å². The number of fused-ring (bicyclic) bond motifs is 1. The average Bonchev–Trinajstić information content (AvgIpc) is 3.24. The number of hydrogen-bond donors (Lipinski definition) is 1. The molecule has 3 aromatic rings. The van der Waals surface area contributed by atoms with E-state index < -0.39 is 0 Å². The second-order valence-electron chi connectivity index (χ2n) is 5.72. The molecule has 122 valence electrons. The van der Waals surface area contributed by atoms with Crippen LogP contribution in [-0.2, 0) is 13.1 Å². The molecule has 0 saturated carbocycles. The number of H-pyrrole nitrogens is 1. The highest BCUT2D eigenvalue weighted by molar-refractivity contribution is 5.92. The minimum atomic E-state index is -0.180. The molecule has 3 aromatic heterocycles. The molecule has 0 radical (unpaired) electrons. The number of ether oxygens (including phenoxy) is 1. The van der Waals surface area contributed by atoms with Gasteiger partial charge in [-0.05, 0) is 24.3 Å². The first-order valence-corrected chi connectivity index (χ1v) is 7.80. The lowest BCUT2D eigenvalue weighted by Gasteiger charge is -2.24. The van der Waals surface area contributed by atoms with Crippen LogP contribution in [0.1, 0.15) is 16.2 Å². The number of nitrogens with one attached hydrogen (secondary N) is 1. The van der Waals surface area contributed by atoms with Gasteiger partial charge in [0.25, 0.3) is 5.91 Å². The van der Waals surface area contributed by atoms with Gasteiger partial charge < -0.3 is 14.2 Å². The van der Waals surface area contributed by atoms with Gasteiger partial charge in [0.2, 0.25) is 5.88 Å². The number of carbonyl (C=O) groups is 1. The van der Waals surface area contributed by atoms with Crippen LogP contribution in [-0.4, -0.2) is 43.2 Å². The van der Waals surface area contributed by atoms with Gasteiger partial charge in [0.15, 0.2) is 0 Å². The molecule has 0 fully saturated rings. The lowest BCUT2D eigenvalue weighted by molar-refractivity contribution is 0.0640. The summed E-state index contributed by atoms with van der Waals surface area (Å²) in [6.45, 7) is 1.69. The number of carbonyl (C=O) groups excluding carboxylic acids is 1. The van der Waals surface area contributed by atoms with Crippen LogP contribution in [0, 0.1) is 0 Å². The van der Waals surface area contributed by atoms with Gasteiger partial charge in [0.05, 0.1) is 19.6 Å². The van der Waals surface area contributed by atoms with Crippen molar-refractivity contribution in [2.75, 3.05) is 6.54 Å². The lowest BCUT2D eigenvalue weighted by atomic mass is 10.3. The minimum Gasteiger partial charge on any atom is -0.471 e. The van der Waals surface area contributed by atoms with Crippen molar-refractivity contribution in [2.24, 2.45) is 0 Å². The Morgan fingerprint density at radius 2 is 2.12 bits per heavy atom. The third-order valence-electron chi connectivity index (χ3n) is 4.04. The molecule has 4 rings (SSSR count). The Balaban J connectivity index is 1.60. The predicted molar refractivity (Wildman–Crippen MR) is 86.4 cm³/mol. The number of nitrogens with zero attached hydrogens (tertiary/aromatic N) is 4. The van der Waals surface area contributed by atoms with E-state index >= 15 is 0 Å². The zero-order chi connectivity index (χ0) is 16.4. The highest BCUT2D eigenvalue weighted by Gasteiger charge is 2.27. The summed E-state index contributed by atoms with van der Waals surface area (Å²) in [6, 6.07) is 11.2. The van der Waals surface area contributed by atoms with Crippen molar-refractivity contribution in [3.8, 4) is 5.88 Å². The third kappa shape index (κ3) is 2.88. The second-order valence-corrected chi connectivity index (χ2v) is 5.72. The molecular weight excluding hydrogens is 306 g/mol. The molecule has 0 bridgehead atoms. The fourth-order valence-corrected chi connectivity index (χ4v) is 2.92. The lowest BCUT2D eigenvalue weighted by Crippen LogP contribution is -2.38. The van der Waals surface area contributed by atoms with Crippen LogP contribution >= 0.6 is 0 Å². The molecule has 0 aromatic carbocycles. The first kappa shape index (κ1) is 14.5. The van der Waals surface area contributed by atoms with Crippen molar-refractivity contribution in [3.05, 3.63) is 66.4 Å². The zero-order valence-electron chi connectivity index (χ0n) is 13.0. The number of aromatic amines is 1. The Hall–Kier alpha value is -3.09. The van der Waals surface area contributed by atoms with E-state index in [-0.39, 0.29) is 12.0 Å². The third-order valence-corrected chi connectivity index (χ3v) is 4.04. The normalized spacial score (nSPS) is 17.2. The van der Waals surface area contributed by atoms with E-state index in [9.17, 15) is 4.79 Å². The van der Waals surface area contributed by atoms with Crippen LogP contribution < -0.4 is 4.74 Å². The van der Waals surface area contributed by atoms with Gasteiger partial charge in [-0.25, -0.2) is 4.98 Å². The van der Waals surface area contributed by atoms with E-state index in [1.165, 1.54) is 0 Å². The molecular formula is C17H17N5O2. The van der Waals surface area contributed by atoms with Crippen molar-refractivity contribution in [2.45, 2.75) is 19.2 Å². The molecule has 4 heterocycles. The summed E-state index contributed by atoms with van der Waals surface area (Å²) < 4.78 is 8.13. The molecule has 1 aliphatic heterocycles. The summed E-state index contributed by atoms with van der Waals surface area (Å²) in [6.07, 6.45) is 5.10. The number of amides is 1. The van der Waals surface area contributed by atoms with Gasteiger partial charge in [-0.1, -0.05) is 6.07 Å². The Labute approximate surface area is 138 Å². The molecule has 1 aliphatic rings. The molecule has 0 unspecified atom stereocenters. The molecule has 1 atom stereocenters. The Morgan fingerprint density at radius 1 is 1.17 bits per heavy atom. The SMILES string of the molecule is O=C(c1ccn[nH]1)N1Cc2cccn2C[C@H](Oc2ccccn2)C1. The average molecular weight is 323 g/mol. The predicted octanol–water partition coefficient (Wildman–Crippen LogP) is 1.71.